The molecule has 2 saturated heterocycles. The van der Waals surface area contributed by atoms with Gasteiger partial charge in [-0.2, -0.15) is 0 Å². The molecule has 6 N–H and O–H groups in total. The second kappa shape index (κ2) is 7.03. The standard InChI is InChI=1S/C12H19O11/c13-1-4-6(15)8(17)9(18)11(22-4)21-2-5-7(16)10(19)12(20,3-14)23-5/h4-7,9-11,13-16,18-19H,1-3H2/q-1/t4-,5-,6-,7-,9-,10+,11+,12-/m1/s1. The normalized spacial score (nSPS) is 48.0. The Morgan fingerprint density at radius 3 is 2.30 bits per heavy atom. The van der Waals surface area contributed by atoms with Crippen LogP contribution in [0.4, 0.5) is 0 Å². The van der Waals surface area contributed by atoms with Gasteiger partial charge in [-0.05, 0) is 0 Å². The number of hydrogen-bond donors (Lipinski definition) is 6. The molecule has 11 nitrogen and oxygen atoms in total. The molecule has 2 aliphatic rings. The van der Waals surface area contributed by atoms with E-state index in [9.17, 15) is 30.3 Å². The van der Waals surface area contributed by atoms with Crippen molar-refractivity contribution in [3.05, 3.63) is 0 Å². The maximum Gasteiger partial charge on any atom is 0.197 e. The first-order valence-electron chi connectivity index (χ1n) is 6.88. The molecule has 134 valence electrons. The number of aliphatic hydroxyl groups excluding tert-OH is 6. The van der Waals surface area contributed by atoms with E-state index < -0.39 is 74.3 Å². The molecule has 0 aromatic heterocycles. The van der Waals surface area contributed by atoms with Crippen molar-refractivity contribution in [2.24, 2.45) is 0 Å². The molecule has 2 aliphatic heterocycles. The third-order valence-electron chi connectivity index (χ3n) is 3.83. The van der Waals surface area contributed by atoms with Gasteiger partial charge in [0.2, 0.25) is 0 Å². The largest absolute Gasteiger partial charge is 0.825 e. The van der Waals surface area contributed by atoms with Crippen molar-refractivity contribution >= 4 is 5.78 Å². The maximum atomic E-state index is 11.8. The highest BCUT2D eigenvalue weighted by molar-refractivity contribution is 5.88. The molecule has 0 unspecified atom stereocenters. The molecule has 2 heterocycles. The van der Waals surface area contributed by atoms with E-state index in [0.717, 1.165) is 0 Å². The second-order valence-electron chi connectivity index (χ2n) is 5.41. The molecular formula is C12H19O11-. The van der Waals surface area contributed by atoms with Gasteiger partial charge in [0.25, 0.3) is 0 Å². The van der Waals surface area contributed by atoms with Crippen molar-refractivity contribution in [2.45, 2.75) is 48.7 Å². The van der Waals surface area contributed by atoms with E-state index >= 15 is 0 Å². The van der Waals surface area contributed by atoms with Gasteiger partial charge in [-0.1, -0.05) is 0 Å². The van der Waals surface area contributed by atoms with Gasteiger partial charge in [-0.15, -0.1) is 0 Å². The molecule has 0 spiro atoms. The van der Waals surface area contributed by atoms with Crippen molar-refractivity contribution in [2.75, 3.05) is 19.8 Å². The third kappa shape index (κ3) is 3.39. The zero-order chi connectivity index (χ0) is 17.4. The van der Waals surface area contributed by atoms with Gasteiger partial charge in [-0.3, -0.25) is 4.79 Å². The smallest absolute Gasteiger partial charge is 0.197 e. The van der Waals surface area contributed by atoms with Crippen LogP contribution < -0.4 is 5.11 Å². The molecular weight excluding hydrogens is 320 g/mol. The Morgan fingerprint density at radius 1 is 1.13 bits per heavy atom. The topological polar surface area (TPSA) is 189 Å². The van der Waals surface area contributed by atoms with Crippen LogP contribution >= 0.6 is 0 Å². The van der Waals surface area contributed by atoms with Gasteiger partial charge >= 0.3 is 0 Å². The fourth-order valence-electron chi connectivity index (χ4n) is 2.40. The minimum absolute atomic E-state index is 0.550. The molecule has 0 bridgehead atoms. The Kier molecular flexibility index (Phi) is 5.68. The van der Waals surface area contributed by atoms with Crippen LogP contribution in [-0.4, -0.2) is 105 Å². The highest BCUT2D eigenvalue weighted by Gasteiger charge is 2.48. The Labute approximate surface area is 130 Å². The number of rotatable bonds is 5. The summed E-state index contributed by atoms with van der Waals surface area (Å²) in [5, 5.41) is 68.1. The summed E-state index contributed by atoms with van der Waals surface area (Å²) in [6, 6.07) is 0. The van der Waals surface area contributed by atoms with E-state index in [1.165, 1.54) is 0 Å². The number of carbonyl (C=O) groups excluding carboxylic acids is 1. The summed E-state index contributed by atoms with van der Waals surface area (Å²) in [5.74, 6) is -3.62. The van der Waals surface area contributed by atoms with Gasteiger partial charge in [0.1, 0.15) is 24.4 Å². The van der Waals surface area contributed by atoms with Crippen LogP contribution in [0.5, 0.6) is 0 Å². The van der Waals surface area contributed by atoms with E-state index in [1.807, 2.05) is 0 Å². The molecule has 2 fully saturated rings. The van der Waals surface area contributed by atoms with E-state index in [4.69, 9.17) is 24.4 Å². The summed E-state index contributed by atoms with van der Waals surface area (Å²) >= 11 is 0. The van der Waals surface area contributed by atoms with Crippen LogP contribution in [0.15, 0.2) is 0 Å². The molecule has 0 aliphatic carbocycles. The van der Waals surface area contributed by atoms with Crippen molar-refractivity contribution in [1.82, 2.24) is 0 Å². The average molecular weight is 339 g/mol. The van der Waals surface area contributed by atoms with Gasteiger partial charge in [0.15, 0.2) is 18.2 Å². The summed E-state index contributed by atoms with van der Waals surface area (Å²) in [4.78, 5) is 11.6. The lowest BCUT2D eigenvalue weighted by molar-refractivity contribution is -0.568. The number of ketones is 1. The SMILES string of the molecule is O=C1[C@@H](O)[C@@H](OC[C@H]2O[C@]([O-])(CO)[C@@H](O)[C@@H]2O)O[C@H](CO)[C@H]1O. The van der Waals surface area contributed by atoms with Gasteiger partial charge in [-0.25, -0.2) is 0 Å². The first kappa shape index (κ1) is 18.6. The first-order valence-corrected chi connectivity index (χ1v) is 6.88. The third-order valence-corrected chi connectivity index (χ3v) is 3.83. The van der Waals surface area contributed by atoms with Gasteiger partial charge in [0, 0.05) is 5.79 Å². The molecule has 0 saturated carbocycles. The van der Waals surface area contributed by atoms with E-state index in [1.54, 1.807) is 0 Å². The Hall–Kier alpha value is -0.730. The van der Waals surface area contributed by atoms with E-state index in [2.05, 4.69) is 0 Å². The number of hydrogen-bond acceptors (Lipinski definition) is 11. The van der Waals surface area contributed by atoms with Crippen LogP contribution in [-0.2, 0) is 19.0 Å². The molecule has 0 radical (unpaired) electrons. The lowest BCUT2D eigenvalue weighted by atomic mass is 10.0. The fourth-order valence-corrected chi connectivity index (χ4v) is 2.40. The van der Waals surface area contributed by atoms with Crippen molar-refractivity contribution in [1.29, 1.82) is 0 Å². The number of carbonyl (C=O) groups is 1. The molecule has 23 heavy (non-hydrogen) atoms. The summed E-state index contributed by atoms with van der Waals surface area (Å²) < 4.78 is 14.9. The fraction of sp³-hybridized carbons (Fsp3) is 0.917. The Morgan fingerprint density at radius 2 is 1.78 bits per heavy atom. The molecule has 2 rings (SSSR count). The number of aliphatic hydroxyl groups is 6. The van der Waals surface area contributed by atoms with Crippen LogP contribution in [0.2, 0.25) is 0 Å². The minimum atomic E-state index is -2.61. The van der Waals surface area contributed by atoms with Gasteiger partial charge < -0.3 is 50.0 Å². The Balaban J connectivity index is 1.96. The summed E-state index contributed by atoms with van der Waals surface area (Å²) in [6.07, 6.45) is -11.3. The minimum Gasteiger partial charge on any atom is -0.825 e. The lowest BCUT2D eigenvalue weighted by Gasteiger charge is -2.37. The second-order valence-corrected chi connectivity index (χ2v) is 5.41. The highest BCUT2D eigenvalue weighted by atomic mass is 16.7. The number of ether oxygens (including phenoxy) is 3. The molecule has 0 aromatic rings. The molecule has 0 amide bonds. The average Bonchev–Trinajstić information content (AvgIpc) is 2.77. The summed E-state index contributed by atoms with van der Waals surface area (Å²) in [5.41, 5.74) is 0. The predicted molar refractivity (Wildman–Crippen MR) is 65.4 cm³/mol. The van der Waals surface area contributed by atoms with Crippen LogP contribution in [0, 0.1) is 0 Å². The molecule has 8 atom stereocenters. The highest BCUT2D eigenvalue weighted by Crippen LogP contribution is 2.28. The van der Waals surface area contributed by atoms with E-state index in [-0.39, 0.29) is 0 Å². The van der Waals surface area contributed by atoms with Crippen molar-refractivity contribution in [3.63, 3.8) is 0 Å². The summed E-state index contributed by atoms with van der Waals surface area (Å²) in [6.45, 7) is -2.33. The van der Waals surface area contributed by atoms with E-state index in [0.29, 0.717) is 0 Å². The predicted octanol–water partition coefficient (Wildman–Crippen LogP) is -5.82. The maximum absolute atomic E-state index is 11.8. The monoisotopic (exact) mass is 339 g/mol. The van der Waals surface area contributed by atoms with Crippen molar-refractivity contribution in [3.8, 4) is 0 Å². The first-order chi connectivity index (χ1) is 10.7. The van der Waals surface area contributed by atoms with Crippen LogP contribution in [0.25, 0.3) is 0 Å². The molecule has 11 heteroatoms. The van der Waals surface area contributed by atoms with Crippen LogP contribution in [0.3, 0.4) is 0 Å². The van der Waals surface area contributed by atoms with Crippen LogP contribution in [0.1, 0.15) is 0 Å². The summed E-state index contributed by atoms with van der Waals surface area (Å²) in [7, 11) is 0. The molecule has 0 aromatic carbocycles. The zero-order valence-electron chi connectivity index (χ0n) is 11.9. The lowest BCUT2D eigenvalue weighted by Crippen LogP contribution is -2.57. The quantitative estimate of drug-likeness (QED) is 0.280. The Bertz CT molecular complexity index is 431. The van der Waals surface area contributed by atoms with Crippen molar-refractivity contribution < 1.29 is 54.8 Å². The number of Topliss-reactive ketones (excluding diaryl/α,β-unsaturated/α-hetero) is 1. The van der Waals surface area contributed by atoms with Gasteiger partial charge in [0.05, 0.1) is 25.9 Å². The zero-order valence-corrected chi connectivity index (χ0v) is 11.9.